The lowest BCUT2D eigenvalue weighted by Crippen LogP contribution is -2.38. The second kappa shape index (κ2) is 7.78. The van der Waals surface area contributed by atoms with Crippen molar-refractivity contribution in [3.63, 3.8) is 0 Å². The first kappa shape index (κ1) is 15.5. The van der Waals surface area contributed by atoms with Crippen LogP contribution in [0.4, 0.5) is 0 Å². The van der Waals surface area contributed by atoms with E-state index in [0.717, 1.165) is 12.8 Å². The normalized spacial score (nSPS) is 21.4. The van der Waals surface area contributed by atoms with E-state index in [4.69, 9.17) is 4.74 Å². The third-order valence-electron chi connectivity index (χ3n) is 4.03. The molecule has 18 heavy (non-hydrogen) atoms. The number of aliphatic hydroxyl groups is 1. The summed E-state index contributed by atoms with van der Waals surface area (Å²) < 4.78 is 5.11. The summed E-state index contributed by atoms with van der Waals surface area (Å²) in [7, 11) is 0. The first-order valence-corrected chi connectivity index (χ1v) is 7.42. The molecule has 1 N–H and O–H groups in total. The average molecular weight is 256 g/mol. The molecule has 106 valence electrons. The van der Waals surface area contributed by atoms with Gasteiger partial charge in [0.05, 0.1) is 18.6 Å². The third-order valence-corrected chi connectivity index (χ3v) is 4.03. The lowest BCUT2D eigenvalue weighted by Gasteiger charge is -2.30. The first-order chi connectivity index (χ1) is 8.57. The smallest absolute Gasteiger partial charge is 0.311 e. The fraction of sp³-hybridized carbons (Fsp3) is 0.933. The molecule has 0 aliphatic heterocycles. The largest absolute Gasteiger partial charge is 0.466 e. The van der Waals surface area contributed by atoms with Gasteiger partial charge in [0.1, 0.15) is 0 Å². The highest BCUT2D eigenvalue weighted by Gasteiger charge is 2.36. The Hall–Kier alpha value is -0.570. The molecule has 0 radical (unpaired) electrons. The lowest BCUT2D eigenvalue weighted by molar-refractivity contribution is -0.156. The molecular formula is C15H28O3. The molecule has 1 aliphatic rings. The highest BCUT2D eigenvalue weighted by molar-refractivity contribution is 5.73. The van der Waals surface area contributed by atoms with Crippen LogP contribution >= 0.6 is 0 Å². The van der Waals surface area contributed by atoms with Crippen molar-refractivity contribution in [3.8, 4) is 0 Å². The topological polar surface area (TPSA) is 46.5 Å². The van der Waals surface area contributed by atoms with Crippen LogP contribution < -0.4 is 0 Å². The SMILES string of the molecule is CCOC(=O)C(C(C)C)C(O)C1CCCCCC1. The summed E-state index contributed by atoms with van der Waals surface area (Å²) in [6, 6.07) is 0. The molecule has 3 nitrogen and oxygen atoms in total. The van der Waals surface area contributed by atoms with Crippen LogP contribution in [0.15, 0.2) is 0 Å². The van der Waals surface area contributed by atoms with Gasteiger partial charge in [-0.1, -0.05) is 39.5 Å². The minimum absolute atomic E-state index is 0.127. The van der Waals surface area contributed by atoms with Crippen LogP contribution in [-0.4, -0.2) is 23.8 Å². The van der Waals surface area contributed by atoms with Gasteiger partial charge in [-0.15, -0.1) is 0 Å². The molecule has 0 aromatic carbocycles. The molecule has 1 fully saturated rings. The van der Waals surface area contributed by atoms with Crippen molar-refractivity contribution in [1.29, 1.82) is 0 Å². The average Bonchev–Trinajstić information content (AvgIpc) is 2.57. The van der Waals surface area contributed by atoms with E-state index >= 15 is 0 Å². The predicted molar refractivity (Wildman–Crippen MR) is 72.2 cm³/mol. The van der Waals surface area contributed by atoms with Crippen molar-refractivity contribution in [2.45, 2.75) is 65.4 Å². The van der Waals surface area contributed by atoms with E-state index in [1.54, 1.807) is 0 Å². The van der Waals surface area contributed by atoms with Gasteiger partial charge in [0, 0.05) is 0 Å². The van der Waals surface area contributed by atoms with Crippen LogP contribution in [0.25, 0.3) is 0 Å². The van der Waals surface area contributed by atoms with Crippen molar-refractivity contribution in [3.05, 3.63) is 0 Å². The van der Waals surface area contributed by atoms with E-state index in [2.05, 4.69) is 0 Å². The minimum atomic E-state index is -0.540. The predicted octanol–water partition coefficient (Wildman–Crippen LogP) is 3.15. The summed E-state index contributed by atoms with van der Waals surface area (Å²) in [5.41, 5.74) is 0. The van der Waals surface area contributed by atoms with Crippen LogP contribution in [0.2, 0.25) is 0 Å². The number of rotatable bonds is 5. The number of ether oxygens (including phenoxy) is 1. The fourth-order valence-corrected chi connectivity index (χ4v) is 2.99. The van der Waals surface area contributed by atoms with Gasteiger partial charge in [-0.25, -0.2) is 0 Å². The Morgan fingerprint density at radius 2 is 1.78 bits per heavy atom. The van der Waals surface area contributed by atoms with Crippen molar-refractivity contribution >= 4 is 5.97 Å². The zero-order valence-electron chi connectivity index (χ0n) is 12.0. The number of aliphatic hydroxyl groups excluding tert-OH is 1. The molecule has 0 aromatic heterocycles. The quantitative estimate of drug-likeness (QED) is 0.607. The van der Waals surface area contributed by atoms with Gasteiger partial charge >= 0.3 is 5.97 Å². The highest BCUT2D eigenvalue weighted by Crippen LogP contribution is 2.31. The van der Waals surface area contributed by atoms with E-state index < -0.39 is 6.10 Å². The molecule has 1 aliphatic carbocycles. The highest BCUT2D eigenvalue weighted by atomic mass is 16.5. The molecule has 0 amide bonds. The Morgan fingerprint density at radius 1 is 1.22 bits per heavy atom. The summed E-state index contributed by atoms with van der Waals surface area (Å²) in [4.78, 5) is 12.0. The fourth-order valence-electron chi connectivity index (χ4n) is 2.99. The van der Waals surface area contributed by atoms with Crippen molar-refractivity contribution in [2.75, 3.05) is 6.61 Å². The van der Waals surface area contributed by atoms with E-state index in [1.165, 1.54) is 25.7 Å². The Morgan fingerprint density at radius 3 is 2.22 bits per heavy atom. The van der Waals surface area contributed by atoms with Crippen molar-refractivity contribution < 1.29 is 14.6 Å². The molecule has 1 rings (SSSR count). The van der Waals surface area contributed by atoms with Gasteiger partial charge < -0.3 is 9.84 Å². The van der Waals surface area contributed by atoms with Gasteiger partial charge in [0.25, 0.3) is 0 Å². The number of hydrogen-bond acceptors (Lipinski definition) is 3. The van der Waals surface area contributed by atoms with Crippen LogP contribution in [0.1, 0.15) is 59.3 Å². The Kier molecular flexibility index (Phi) is 6.69. The van der Waals surface area contributed by atoms with Gasteiger partial charge in [0.15, 0.2) is 0 Å². The van der Waals surface area contributed by atoms with Crippen LogP contribution in [0.3, 0.4) is 0 Å². The van der Waals surface area contributed by atoms with Gasteiger partial charge in [-0.05, 0) is 31.6 Å². The molecule has 0 heterocycles. The van der Waals surface area contributed by atoms with E-state index in [-0.39, 0.29) is 23.7 Å². The van der Waals surface area contributed by atoms with E-state index in [9.17, 15) is 9.90 Å². The molecule has 3 heteroatoms. The monoisotopic (exact) mass is 256 g/mol. The van der Waals surface area contributed by atoms with Crippen molar-refractivity contribution in [1.82, 2.24) is 0 Å². The zero-order chi connectivity index (χ0) is 13.5. The molecule has 0 aromatic rings. The Bertz CT molecular complexity index is 242. The summed E-state index contributed by atoms with van der Waals surface area (Å²) in [6.45, 7) is 6.18. The maximum Gasteiger partial charge on any atom is 0.311 e. The van der Waals surface area contributed by atoms with Gasteiger partial charge in [0.2, 0.25) is 0 Å². The van der Waals surface area contributed by atoms with Gasteiger partial charge in [-0.2, -0.15) is 0 Å². The van der Waals surface area contributed by atoms with Gasteiger partial charge in [-0.3, -0.25) is 4.79 Å². The molecule has 1 saturated carbocycles. The second-order valence-electron chi connectivity index (χ2n) is 5.76. The maximum absolute atomic E-state index is 12.0. The summed E-state index contributed by atoms with van der Waals surface area (Å²) in [5.74, 6) is -0.205. The van der Waals surface area contributed by atoms with Crippen LogP contribution in [-0.2, 0) is 9.53 Å². The molecule has 0 saturated heterocycles. The van der Waals surface area contributed by atoms with E-state index in [1.807, 2.05) is 20.8 Å². The molecular weight excluding hydrogens is 228 g/mol. The molecule has 0 bridgehead atoms. The number of carbonyl (C=O) groups is 1. The Balaban J connectivity index is 2.68. The van der Waals surface area contributed by atoms with Crippen LogP contribution in [0.5, 0.6) is 0 Å². The number of hydrogen-bond donors (Lipinski definition) is 1. The third kappa shape index (κ3) is 4.27. The number of esters is 1. The summed E-state index contributed by atoms with van der Waals surface area (Å²) >= 11 is 0. The zero-order valence-corrected chi connectivity index (χ0v) is 12.0. The minimum Gasteiger partial charge on any atom is -0.466 e. The number of carbonyl (C=O) groups excluding carboxylic acids is 1. The summed E-state index contributed by atoms with van der Waals surface area (Å²) in [5, 5.41) is 10.5. The summed E-state index contributed by atoms with van der Waals surface area (Å²) in [6.07, 6.45) is 6.42. The molecule has 2 unspecified atom stereocenters. The van der Waals surface area contributed by atoms with Crippen LogP contribution in [0, 0.1) is 17.8 Å². The second-order valence-corrected chi connectivity index (χ2v) is 5.76. The molecule has 2 atom stereocenters. The maximum atomic E-state index is 12.0. The lowest BCUT2D eigenvalue weighted by atomic mass is 9.80. The van der Waals surface area contributed by atoms with Crippen molar-refractivity contribution in [2.24, 2.45) is 17.8 Å². The van der Waals surface area contributed by atoms with E-state index in [0.29, 0.717) is 6.61 Å². The first-order valence-electron chi connectivity index (χ1n) is 7.42. The molecule has 0 spiro atoms. The Labute approximate surface area is 111 Å². The standard InChI is InChI=1S/C15H28O3/c1-4-18-15(17)13(11(2)3)14(16)12-9-7-5-6-8-10-12/h11-14,16H,4-10H2,1-3H3.